The van der Waals surface area contributed by atoms with E-state index in [1.165, 1.54) is 0 Å². The first-order valence-electron chi connectivity index (χ1n) is 12.7. The van der Waals surface area contributed by atoms with Crippen LogP contribution in [0.1, 0.15) is 32.4 Å². The fourth-order valence-electron chi connectivity index (χ4n) is 3.97. The van der Waals surface area contributed by atoms with Gasteiger partial charge >= 0.3 is 0 Å². The number of carbonyl (C=O) groups is 2. The monoisotopic (exact) mass is 895 g/mol. The number of aromatic nitrogens is 4. The summed E-state index contributed by atoms with van der Waals surface area (Å²) in [5, 5.41) is 8.34. The number of nitrogens with one attached hydrogen (secondary N) is 6. The Labute approximate surface area is 289 Å². The second-order valence-corrected chi connectivity index (χ2v) is 14.0. The van der Waals surface area contributed by atoms with Crippen LogP contribution in [0.25, 0.3) is 11.6 Å². The molecule has 1 atom stereocenters. The van der Waals surface area contributed by atoms with Crippen molar-refractivity contribution in [3.63, 3.8) is 0 Å². The molecule has 16 nitrogen and oxygen atoms in total. The number of nitrogen functional groups attached to an aromatic ring is 1. The lowest BCUT2D eigenvalue weighted by Gasteiger charge is -2.14. The average Bonchev–Trinajstić information content (AvgIpc) is 3.70. The largest absolute Gasteiger partial charge is 0.370 e. The number of aliphatic imine (C=N–C) groups is 2. The molecule has 1 aliphatic heterocycles. The fourth-order valence-corrected chi connectivity index (χ4v) is 5.60. The van der Waals surface area contributed by atoms with E-state index in [2.05, 4.69) is 110 Å². The van der Waals surface area contributed by atoms with Gasteiger partial charge in [0.25, 0.3) is 21.9 Å². The minimum Gasteiger partial charge on any atom is -0.370 e. The normalized spacial score (nSPS) is 16.3. The lowest BCUT2D eigenvalue weighted by molar-refractivity contribution is 0.0945. The van der Waals surface area contributed by atoms with Gasteiger partial charge in [0.2, 0.25) is 0 Å². The summed E-state index contributed by atoms with van der Waals surface area (Å²) in [4.78, 5) is 47.0. The Morgan fingerprint density at radius 1 is 1.00 bits per heavy atom. The Kier molecular flexibility index (Phi) is 11.5. The van der Waals surface area contributed by atoms with Gasteiger partial charge in [-0.15, -0.1) is 0 Å². The van der Waals surface area contributed by atoms with Gasteiger partial charge in [-0.3, -0.25) is 19.1 Å². The van der Waals surface area contributed by atoms with Crippen molar-refractivity contribution in [3.05, 3.63) is 65.2 Å². The highest BCUT2D eigenvalue weighted by atomic mass is 79.9. The number of hydrogen-bond acceptors (Lipinski definition) is 9. The molecule has 3 aromatic rings. The van der Waals surface area contributed by atoms with E-state index in [9.17, 15) is 18.0 Å². The fraction of sp³-hybridized carbons (Fsp3) is 0.208. The molecule has 21 heteroatoms. The number of amidine groups is 1. The summed E-state index contributed by atoms with van der Waals surface area (Å²) in [5.41, 5.74) is 13.8. The second-order valence-electron chi connectivity index (χ2n) is 9.15. The van der Waals surface area contributed by atoms with Gasteiger partial charge in [-0.2, -0.15) is 8.42 Å². The Balaban J connectivity index is 1.60. The molecule has 0 radical (unpaired) electrons. The van der Waals surface area contributed by atoms with Crippen molar-refractivity contribution in [1.29, 1.82) is 0 Å². The molecule has 0 aromatic carbocycles. The van der Waals surface area contributed by atoms with Gasteiger partial charge in [-0.25, -0.2) is 9.98 Å². The summed E-state index contributed by atoms with van der Waals surface area (Å²) in [6, 6.07) is 2.35. The zero-order valence-electron chi connectivity index (χ0n) is 22.8. The summed E-state index contributed by atoms with van der Waals surface area (Å²) < 4.78 is 34.2. The summed E-state index contributed by atoms with van der Waals surface area (Å²) in [7, 11) is -4.27. The SMILES string of the molecule is NC1=NC(C(=CCNC(=O)c2cc(Br)c(Br)[nH]2)c2nc(N)[nH]c2C=CCNC(=O)c2cc(Br)c(Br)[nH]2)C(=NCCS(=O)(=O)O)N1. The van der Waals surface area contributed by atoms with E-state index in [0.29, 0.717) is 46.5 Å². The van der Waals surface area contributed by atoms with Crippen LogP contribution in [0.15, 0.2) is 52.4 Å². The minimum atomic E-state index is -4.27. The van der Waals surface area contributed by atoms with Gasteiger partial charge in [0.1, 0.15) is 23.3 Å². The van der Waals surface area contributed by atoms with E-state index in [1.54, 1.807) is 30.4 Å². The Bertz CT molecular complexity index is 1800. The molecule has 0 bridgehead atoms. The quantitative estimate of drug-likeness (QED) is 0.121. The number of carbonyl (C=O) groups excluding carboxylic acids is 2. The van der Waals surface area contributed by atoms with Gasteiger partial charge in [0.05, 0.1) is 41.8 Å². The van der Waals surface area contributed by atoms with Gasteiger partial charge in [0, 0.05) is 18.7 Å². The number of amides is 2. The number of nitrogens with zero attached hydrogens (tertiary/aromatic N) is 3. The molecular formula is C24H25Br4N11O5S. The Morgan fingerprint density at radius 2 is 1.60 bits per heavy atom. The number of hydrogen-bond donors (Lipinski definition) is 9. The third-order valence-corrected chi connectivity index (χ3v) is 10.2. The van der Waals surface area contributed by atoms with Crippen LogP contribution in [0.3, 0.4) is 0 Å². The van der Waals surface area contributed by atoms with Gasteiger partial charge < -0.3 is 42.4 Å². The van der Waals surface area contributed by atoms with Crippen LogP contribution >= 0.6 is 63.7 Å². The van der Waals surface area contributed by atoms with E-state index < -0.39 is 27.8 Å². The smallest absolute Gasteiger partial charge is 0.268 e. The van der Waals surface area contributed by atoms with Crippen molar-refractivity contribution in [2.45, 2.75) is 6.04 Å². The standard InChI is InChI=1S/C24H25Br4N11O5S/c25-11-8-14(34-18(11)27)21(40)32-4-1-2-13-16(37-23(29)36-13)10(3-5-33-22(41)15-9-12(26)19(28)35-15)17-20(39-24(30)38-17)31-6-7-45(42,43)44/h1-3,8-9,17,34-35H,4-7H2,(H,32,40)(H,33,41)(H3,29,36,37)(H,42,43,44)(H3,30,31,38,39). The van der Waals surface area contributed by atoms with Crippen molar-refractivity contribution >= 4 is 115 Å². The number of aromatic amines is 3. The molecule has 4 heterocycles. The third-order valence-electron chi connectivity index (χ3n) is 5.92. The number of halogens is 4. The number of H-pyrrole nitrogens is 3. The minimum absolute atomic E-state index is 0.00697. The van der Waals surface area contributed by atoms with Crippen LogP contribution in [-0.2, 0) is 10.1 Å². The van der Waals surface area contributed by atoms with Crippen LogP contribution in [-0.4, -0.2) is 87.9 Å². The van der Waals surface area contributed by atoms with E-state index >= 15 is 0 Å². The lowest BCUT2D eigenvalue weighted by atomic mass is 10.0. The highest BCUT2D eigenvalue weighted by Gasteiger charge is 2.30. The molecule has 0 fully saturated rings. The number of imidazole rings is 1. The van der Waals surface area contributed by atoms with Gasteiger partial charge in [-0.05, 0) is 81.9 Å². The summed E-state index contributed by atoms with van der Waals surface area (Å²) in [5.74, 6) is -1.08. The van der Waals surface area contributed by atoms with E-state index in [-0.39, 0.29) is 43.3 Å². The van der Waals surface area contributed by atoms with Crippen molar-refractivity contribution in [2.24, 2.45) is 15.7 Å². The Morgan fingerprint density at radius 3 is 2.16 bits per heavy atom. The number of nitrogens with two attached hydrogens (primary N) is 2. The highest BCUT2D eigenvalue weighted by molar-refractivity contribution is 9.13. The summed E-state index contributed by atoms with van der Waals surface area (Å²) in [6.07, 6.45) is 4.98. The molecule has 11 N–H and O–H groups in total. The average molecular weight is 899 g/mol. The highest BCUT2D eigenvalue weighted by Crippen LogP contribution is 2.27. The van der Waals surface area contributed by atoms with E-state index in [4.69, 9.17) is 16.0 Å². The van der Waals surface area contributed by atoms with Gasteiger partial charge in [0.15, 0.2) is 11.9 Å². The molecule has 1 unspecified atom stereocenters. The number of rotatable bonds is 12. The van der Waals surface area contributed by atoms with Crippen LogP contribution in [0.5, 0.6) is 0 Å². The number of guanidine groups is 1. The van der Waals surface area contributed by atoms with Crippen molar-refractivity contribution in [2.75, 3.05) is 31.1 Å². The molecule has 0 saturated heterocycles. The zero-order valence-corrected chi connectivity index (χ0v) is 29.9. The van der Waals surface area contributed by atoms with E-state index in [1.807, 2.05) is 0 Å². The molecule has 0 aliphatic carbocycles. The van der Waals surface area contributed by atoms with Crippen LogP contribution in [0, 0.1) is 0 Å². The first kappa shape index (κ1) is 34.6. The molecular weight excluding hydrogens is 874 g/mol. The van der Waals surface area contributed by atoms with Crippen LogP contribution < -0.4 is 27.4 Å². The number of anilines is 1. The molecule has 1 aliphatic rings. The predicted molar refractivity (Wildman–Crippen MR) is 184 cm³/mol. The second kappa shape index (κ2) is 14.9. The van der Waals surface area contributed by atoms with Gasteiger partial charge in [-0.1, -0.05) is 12.2 Å². The van der Waals surface area contributed by atoms with Crippen molar-refractivity contribution in [1.82, 2.24) is 35.9 Å². The summed E-state index contributed by atoms with van der Waals surface area (Å²) in [6.45, 7) is -0.107. The first-order chi connectivity index (χ1) is 21.2. The van der Waals surface area contributed by atoms with E-state index in [0.717, 1.165) is 0 Å². The topological polar surface area (TPSA) is 262 Å². The summed E-state index contributed by atoms with van der Waals surface area (Å²) >= 11 is 13.3. The molecule has 3 aromatic heterocycles. The van der Waals surface area contributed by atoms with Crippen molar-refractivity contribution < 1.29 is 22.6 Å². The van der Waals surface area contributed by atoms with Crippen molar-refractivity contribution in [3.8, 4) is 0 Å². The van der Waals surface area contributed by atoms with Crippen LogP contribution in [0.2, 0.25) is 0 Å². The molecule has 240 valence electrons. The lowest BCUT2D eigenvalue weighted by Crippen LogP contribution is -2.34. The maximum atomic E-state index is 12.8. The molecule has 4 rings (SSSR count). The molecule has 45 heavy (non-hydrogen) atoms. The third kappa shape index (κ3) is 9.39. The predicted octanol–water partition coefficient (Wildman–Crippen LogP) is 2.53. The maximum Gasteiger partial charge on any atom is 0.268 e. The Hall–Kier alpha value is -3.24. The van der Waals surface area contributed by atoms with Crippen LogP contribution in [0.4, 0.5) is 5.95 Å². The molecule has 0 spiro atoms. The molecule has 2 amide bonds. The zero-order chi connectivity index (χ0) is 32.9. The maximum absolute atomic E-state index is 12.8. The molecule has 0 saturated carbocycles. The first-order valence-corrected chi connectivity index (χ1v) is 17.5.